The van der Waals surface area contributed by atoms with Gasteiger partial charge in [0.1, 0.15) is 5.82 Å². The molecule has 3 aromatic heterocycles. The number of pyridine rings is 1. The van der Waals surface area contributed by atoms with E-state index in [1.54, 1.807) is 23.3 Å². The lowest BCUT2D eigenvalue weighted by atomic mass is 10.2. The molecule has 1 saturated carbocycles. The van der Waals surface area contributed by atoms with E-state index in [2.05, 4.69) is 30.2 Å². The Hall–Kier alpha value is -2.68. The molecular weight excluding hydrogens is 374 g/mol. The number of amides is 1. The van der Waals surface area contributed by atoms with Gasteiger partial charge in [-0.15, -0.1) is 10.2 Å². The Morgan fingerprint density at radius 3 is 2.57 bits per heavy atom. The first-order valence-electron chi connectivity index (χ1n) is 9.41. The van der Waals surface area contributed by atoms with Crippen molar-refractivity contribution in [3.8, 4) is 11.4 Å². The van der Waals surface area contributed by atoms with Crippen molar-refractivity contribution in [2.45, 2.75) is 56.1 Å². The number of carbonyl (C=O) groups is 1. The molecule has 0 bridgehead atoms. The lowest BCUT2D eigenvalue weighted by Crippen LogP contribution is -2.25. The highest BCUT2D eigenvalue weighted by Crippen LogP contribution is 2.41. The summed E-state index contributed by atoms with van der Waals surface area (Å²) in [6.07, 6.45) is 7.41. The predicted molar refractivity (Wildman–Crippen MR) is 108 cm³/mol. The standard InChI is InChI=1S/C19H23N7OS/c1-12(2)26-16(8-11-21-26)22-18(27)13(3)28-19-24-23-17(25(19)15-4-5-15)14-6-9-20-10-7-14/h6-13,15H,4-5H2,1-3H3,(H,22,27)/t13-/m1/s1. The van der Waals surface area contributed by atoms with Crippen LogP contribution in [0, 0.1) is 0 Å². The van der Waals surface area contributed by atoms with Crippen LogP contribution in [-0.4, -0.2) is 40.7 Å². The molecule has 0 aromatic carbocycles. The number of anilines is 1. The van der Waals surface area contributed by atoms with E-state index in [4.69, 9.17) is 0 Å². The Morgan fingerprint density at radius 2 is 1.89 bits per heavy atom. The molecular formula is C19H23N7OS. The second-order valence-corrected chi connectivity index (χ2v) is 8.46. The SMILES string of the molecule is CC(C)n1nccc1NC(=O)[C@@H](C)Sc1nnc(-c2ccncc2)n1C1CC1. The lowest BCUT2D eigenvalue weighted by Gasteiger charge is -2.15. The summed E-state index contributed by atoms with van der Waals surface area (Å²) in [6, 6.07) is 6.25. The molecule has 1 N–H and O–H groups in total. The number of aromatic nitrogens is 6. The van der Waals surface area contributed by atoms with Crippen LogP contribution in [-0.2, 0) is 4.79 Å². The maximum Gasteiger partial charge on any atom is 0.238 e. The van der Waals surface area contributed by atoms with E-state index in [1.165, 1.54) is 11.8 Å². The topological polar surface area (TPSA) is 90.5 Å². The molecule has 1 amide bonds. The minimum absolute atomic E-state index is 0.0804. The van der Waals surface area contributed by atoms with Crippen molar-refractivity contribution in [2.24, 2.45) is 0 Å². The van der Waals surface area contributed by atoms with E-state index >= 15 is 0 Å². The zero-order valence-electron chi connectivity index (χ0n) is 16.1. The van der Waals surface area contributed by atoms with E-state index in [-0.39, 0.29) is 17.2 Å². The van der Waals surface area contributed by atoms with Gasteiger partial charge in [0.05, 0.1) is 11.4 Å². The fourth-order valence-electron chi connectivity index (χ4n) is 2.98. The number of rotatable bonds is 7. The van der Waals surface area contributed by atoms with Crippen molar-refractivity contribution < 1.29 is 4.79 Å². The third-order valence-corrected chi connectivity index (χ3v) is 5.63. The summed E-state index contributed by atoms with van der Waals surface area (Å²) in [5.74, 6) is 1.45. The van der Waals surface area contributed by atoms with Crippen molar-refractivity contribution in [1.29, 1.82) is 0 Å². The van der Waals surface area contributed by atoms with E-state index in [0.29, 0.717) is 11.9 Å². The molecule has 0 saturated heterocycles. The first kappa shape index (κ1) is 18.7. The first-order chi connectivity index (χ1) is 13.5. The molecule has 3 heterocycles. The third-order valence-electron chi connectivity index (χ3n) is 4.58. The predicted octanol–water partition coefficient (Wildman–Crippen LogP) is 3.57. The molecule has 28 heavy (non-hydrogen) atoms. The molecule has 9 heteroatoms. The Balaban J connectivity index is 1.52. The second kappa shape index (κ2) is 7.75. The highest BCUT2D eigenvalue weighted by molar-refractivity contribution is 8.00. The van der Waals surface area contributed by atoms with Crippen molar-refractivity contribution >= 4 is 23.5 Å². The van der Waals surface area contributed by atoms with Crippen LogP contribution in [0.4, 0.5) is 5.82 Å². The van der Waals surface area contributed by atoms with Gasteiger partial charge < -0.3 is 5.32 Å². The van der Waals surface area contributed by atoms with Gasteiger partial charge in [-0.2, -0.15) is 5.10 Å². The number of carbonyl (C=O) groups excluding carboxylic acids is 1. The molecule has 146 valence electrons. The fourth-order valence-corrected chi connectivity index (χ4v) is 3.90. The zero-order valence-corrected chi connectivity index (χ0v) is 16.9. The van der Waals surface area contributed by atoms with Crippen LogP contribution in [0.5, 0.6) is 0 Å². The summed E-state index contributed by atoms with van der Waals surface area (Å²) >= 11 is 1.43. The van der Waals surface area contributed by atoms with Gasteiger partial charge in [0.25, 0.3) is 0 Å². The highest BCUT2D eigenvalue weighted by atomic mass is 32.2. The monoisotopic (exact) mass is 397 g/mol. The number of thioether (sulfide) groups is 1. The summed E-state index contributed by atoms with van der Waals surface area (Å²) < 4.78 is 3.95. The van der Waals surface area contributed by atoms with Crippen LogP contribution in [0.25, 0.3) is 11.4 Å². The van der Waals surface area contributed by atoms with Gasteiger partial charge in [0.2, 0.25) is 5.91 Å². The Bertz CT molecular complexity index is 962. The van der Waals surface area contributed by atoms with E-state index in [0.717, 1.165) is 29.4 Å². The second-order valence-electron chi connectivity index (χ2n) is 7.15. The molecule has 1 aliphatic carbocycles. The lowest BCUT2D eigenvalue weighted by molar-refractivity contribution is -0.115. The fraction of sp³-hybridized carbons (Fsp3) is 0.421. The summed E-state index contributed by atoms with van der Waals surface area (Å²) in [5.41, 5.74) is 0.985. The molecule has 0 radical (unpaired) electrons. The van der Waals surface area contributed by atoms with E-state index in [9.17, 15) is 4.79 Å². The molecule has 0 unspecified atom stereocenters. The number of nitrogens with zero attached hydrogens (tertiary/aromatic N) is 6. The van der Waals surface area contributed by atoms with Gasteiger partial charge in [-0.1, -0.05) is 11.8 Å². The minimum Gasteiger partial charge on any atom is -0.310 e. The average molecular weight is 398 g/mol. The molecule has 1 atom stereocenters. The Labute approximate surface area is 167 Å². The van der Waals surface area contributed by atoms with Crippen molar-refractivity contribution in [3.05, 3.63) is 36.8 Å². The largest absolute Gasteiger partial charge is 0.310 e. The summed E-state index contributed by atoms with van der Waals surface area (Å²) in [4.78, 5) is 16.8. The van der Waals surface area contributed by atoms with Crippen LogP contribution in [0.2, 0.25) is 0 Å². The molecule has 8 nitrogen and oxygen atoms in total. The maximum absolute atomic E-state index is 12.7. The smallest absolute Gasteiger partial charge is 0.238 e. The minimum atomic E-state index is -0.317. The van der Waals surface area contributed by atoms with Gasteiger partial charge >= 0.3 is 0 Å². The van der Waals surface area contributed by atoms with Crippen LogP contribution < -0.4 is 5.32 Å². The Morgan fingerprint density at radius 1 is 1.14 bits per heavy atom. The summed E-state index contributed by atoms with van der Waals surface area (Å²) in [6.45, 7) is 5.94. The van der Waals surface area contributed by atoms with Gasteiger partial charge in [-0.3, -0.25) is 14.3 Å². The van der Waals surface area contributed by atoms with Crippen molar-refractivity contribution in [3.63, 3.8) is 0 Å². The maximum atomic E-state index is 12.7. The number of nitrogens with one attached hydrogen (secondary N) is 1. The Kier molecular flexibility index (Phi) is 5.17. The summed E-state index contributed by atoms with van der Waals surface area (Å²) in [7, 11) is 0. The normalized spacial score (nSPS) is 15.0. The first-order valence-corrected chi connectivity index (χ1v) is 10.3. The van der Waals surface area contributed by atoms with Gasteiger partial charge in [-0.05, 0) is 45.7 Å². The summed E-state index contributed by atoms with van der Waals surface area (Å²) in [5, 5.41) is 16.5. The van der Waals surface area contributed by atoms with Crippen LogP contribution >= 0.6 is 11.8 Å². The third kappa shape index (κ3) is 3.80. The van der Waals surface area contributed by atoms with Crippen molar-refractivity contribution in [1.82, 2.24) is 29.5 Å². The van der Waals surface area contributed by atoms with Gasteiger partial charge in [0, 0.05) is 36.1 Å². The van der Waals surface area contributed by atoms with Crippen LogP contribution in [0.3, 0.4) is 0 Å². The van der Waals surface area contributed by atoms with E-state index < -0.39 is 0 Å². The number of hydrogen-bond donors (Lipinski definition) is 1. The molecule has 0 aliphatic heterocycles. The molecule has 4 rings (SSSR count). The van der Waals surface area contributed by atoms with Crippen molar-refractivity contribution in [2.75, 3.05) is 5.32 Å². The molecule has 1 aliphatic rings. The molecule has 1 fully saturated rings. The van der Waals surface area contributed by atoms with Gasteiger partial charge in [-0.25, -0.2) is 4.68 Å². The average Bonchev–Trinajstić information content (AvgIpc) is 3.27. The van der Waals surface area contributed by atoms with Crippen LogP contribution in [0.1, 0.15) is 45.7 Å². The molecule has 3 aromatic rings. The van der Waals surface area contributed by atoms with Gasteiger partial charge in [0.15, 0.2) is 11.0 Å². The van der Waals surface area contributed by atoms with E-state index in [1.807, 2.05) is 39.0 Å². The highest BCUT2D eigenvalue weighted by Gasteiger charge is 2.31. The van der Waals surface area contributed by atoms with Crippen LogP contribution in [0.15, 0.2) is 41.9 Å². The molecule has 0 spiro atoms. The number of hydrogen-bond acceptors (Lipinski definition) is 6. The zero-order chi connectivity index (χ0) is 19.7. The quantitative estimate of drug-likeness (QED) is 0.613.